The minimum absolute atomic E-state index is 0.263. The Morgan fingerprint density at radius 3 is 2.31 bits per heavy atom. The van der Waals surface area contributed by atoms with E-state index >= 15 is 0 Å². The fourth-order valence-electron chi connectivity index (χ4n) is 1.41. The van der Waals surface area contributed by atoms with Crippen molar-refractivity contribution in [3.63, 3.8) is 0 Å². The van der Waals surface area contributed by atoms with E-state index in [1.165, 1.54) is 0 Å². The molecule has 2 nitrogen and oxygen atoms in total. The average Bonchev–Trinajstić information content (AvgIpc) is 2.17. The Morgan fingerprint density at radius 1 is 1.31 bits per heavy atom. The molecule has 88 valence electrons. The molecule has 0 fully saturated rings. The molecule has 16 heavy (non-hydrogen) atoms. The van der Waals surface area contributed by atoms with Gasteiger partial charge in [0.1, 0.15) is 0 Å². The maximum atomic E-state index is 11.9. The predicted octanol–water partition coefficient (Wildman–Crippen LogP) is 3.24. The first-order valence-electron chi connectivity index (χ1n) is 4.78. The number of benzene rings is 1. The predicted molar refractivity (Wildman–Crippen MR) is 51.6 cm³/mol. The number of alkyl halides is 3. The largest absolute Gasteiger partial charge is 0.575 e. The number of carbonyl (C=O) groups is 1. The van der Waals surface area contributed by atoms with Crippen LogP contribution in [0.25, 0.3) is 0 Å². The highest BCUT2D eigenvalue weighted by atomic mass is 19.4. The summed E-state index contributed by atoms with van der Waals surface area (Å²) in [6.45, 7) is 1.63. The van der Waals surface area contributed by atoms with Gasteiger partial charge in [0, 0.05) is 0 Å². The van der Waals surface area contributed by atoms with E-state index < -0.39 is 18.2 Å². The lowest BCUT2D eigenvalue weighted by molar-refractivity contribution is -0.306. The first-order chi connectivity index (χ1) is 7.44. The number of carbonyl (C=O) groups excluding carboxylic acids is 1. The topological polar surface area (TPSA) is 26.3 Å². The molecular weight excluding hydrogens is 221 g/mol. The average molecular weight is 232 g/mol. The van der Waals surface area contributed by atoms with Crippen LogP contribution in [0, 0.1) is 0 Å². The summed E-state index contributed by atoms with van der Waals surface area (Å²) in [6, 6.07) is 8.26. The van der Waals surface area contributed by atoms with E-state index in [9.17, 15) is 18.0 Å². The van der Waals surface area contributed by atoms with Crippen LogP contribution in [0.5, 0.6) is 0 Å². The lowest BCUT2D eigenvalue weighted by Crippen LogP contribution is -2.24. The Balaban J connectivity index is 2.80. The molecule has 0 heterocycles. The summed E-state index contributed by atoms with van der Waals surface area (Å²) < 4.78 is 39.0. The Hall–Kier alpha value is -1.52. The fraction of sp³-hybridized carbons (Fsp3) is 0.364. The van der Waals surface area contributed by atoms with Crippen LogP contribution in [0.1, 0.15) is 24.8 Å². The van der Waals surface area contributed by atoms with Crippen LogP contribution in [-0.2, 0) is 9.53 Å². The maximum Gasteiger partial charge on any atom is 0.575 e. The van der Waals surface area contributed by atoms with Gasteiger partial charge in [0.2, 0.25) is 0 Å². The van der Waals surface area contributed by atoms with Gasteiger partial charge in [-0.15, -0.1) is 13.2 Å². The number of hydrogen-bond acceptors (Lipinski definition) is 2. The minimum Gasteiger partial charge on any atom is -0.372 e. The van der Waals surface area contributed by atoms with Crippen LogP contribution < -0.4 is 0 Å². The summed E-state index contributed by atoms with van der Waals surface area (Å²) in [6.07, 6.45) is -4.65. The van der Waals surface area contributed by atoms with Gasteiger partial charge in [-0.3, -0.25) is 4.79 Å². The summed E-state index contributed by atoms with van der Waals surface area (Å²) in [7, 11) is 0. The van der Waals surface area contributed by atoms with E-state index in [4.69, 9.17) is 0 Å². The van der Waals surface area contributed by atoms with Crippen LogP contribution in [0.15, 0.2) is 30.3 Å². The normalized spacial score (nSPS) is 13.2. The summed E-state index contributed by atoms with van der Waals surface area (Å²) in [5.41, 5.74) is 0.527. The molecule has 0 radical (unpaired) electrons. The van der Waals surface area contributed by atoms with Crippen molar-refractivity contribution in [3.8, 4) is 0 Å². The number of hydrogen-bond donors (Lipinski definition) is 0. The molecule has 1 atom stereocenters. The lowest BCUT2D eigenvalue weighted by Gasteiger charge is -2.15. The van der Waals surface area contributed by atoms with Gasteiger partial charge in [-0.05, 0) is 12.0 Å². The molecule has 0 aliphatic rings. The second-order valence-corrected chi connectivity index (χ2v) is 3.24. The Labute approximate surface area is 91.0 Å². The first-order valence-corrected chi connectivity index (χ1v) is 4.78. The summed E-state index contributed by atoms with van der Waals surface area (Å²) in [5.74, 6) is -2.14. The Bertz CT molecular complexity index is 346. The van der Waals surface area contributed by atoms with E-state index in [0.29, 0.717) is 5.56 Å². The molecule has 1 aromatic rings. The molecule has 0 aliphatic carbocycles. The molecule has 0 aliphatic heterocycles. The van der Waals surface area contributed by atoms with Crippen molar-refractivity contribution in [3.05, 3.63) is 35.9 Å². The molecular formula is C11H11F3O2. The monoisotopic (exact) mass is 232 g/mol. The van der Waals surface area contributed by atoms with E-state index in [-0.39, 0.29) is 6.42 Å². The van der Waals surface area contributed by atoms with Crippen LogP contribution >= 0.6 is 0 Å². The number of rotatable bonds is 3. The molecule has 0 aromatic heterocycles. The SMILES string of the molecule is CCC(C(=O)OC(F)(F)F)c1ccccc1. The highest BCUT2D eigenvalue weighted by Gasteiger charge is 2.36. The molecule has 0 spiro atoms. The lowest BCUT2D eigenvalue weighted by atomic mass is 9.97. The van der Waals surface area contributed by atoms with Crippen molar-refractivity contribution in [2.24, 2.45) is 0 Å². The summed E-state index contributed by atoms with van der Waals surface area (Å²) in [5, 5.41) is 0. The van der Waals surface area contributed by atoms with Crippen LogP contribution in [-0.4, -0.2) is 12.3 Å². The van der Waals surface area contributed by atoms with Crippen LogP contribution in [0.3, 0.4) is 0 Å². The molecule has 0 saturated carbocycles. The molecule has 0 saturated heterocycles. The molecule has 0 bridgehead atoms. The smallest absolute Gasteiger partial charge is 0.372 e. The van der Waals surface area contributed by atoms with E-state index in [0.717, 1.165) is 0 Å². The van der Waals surface area contributed by atoms with Gasteiger partial charge in [-0.1, -0.05) is 37.3 Å². The van der Waals surface area contributed by atoms with Crippen molar-refractivity contribution in [2.75, 3.05) is 0 Å². The second-order valence-electron chi connectivity index (χ2n) is 3.24. The standard InChI is InChI=1S/C11H11F3O2/c1-2-9(8-6-4-3-5-7-8)10(15)16-11(12,13)14/h3-7,9H,2H2,1H3. The van der Waals surface area contributed by atoms with Gasteiger partial charge in [-0.25, -0.2) is 0 Å². The summed E-state index contributed by atoms with van der Waals surface area (Å²) in [4.78, 5) is 11.2. The van der Waals surface area contributed by atoms with Crippen molar-refractivity contribution in [1.82, 2.24) is 0 Å². The van der Waals surface area contributed by atoms with Gasteiger partial charge in [0.05, 0.1) is 5.92 Å². The van der Waals surface area contributed by atoms with E-state index in [1.807, 2.05) is 0 Å². The zero-order valence-electron chi connectivity index (χ0n) is 8.62. The van der Waals surface area contributed by atoms with Gasteiger partial charge in [-0.2, -0.15) is 0 Å². The van der Waals surface area contributed by atoms with Crippen molar-refractivity contribution >= 4 is 5.97 Å². The highest BCUT2D eigenvalue weighted by Crippen LogP contribution is 2.25. The minimum atomic E-state index is -4.92. The first kappa shape index (κ1) is 12.5. The molecule has 1 rings (SSSR count). The summed E-state index contributed by atoms with van der Waals surface area (Å²) >= 11 is 0. The molecule has 0 amide bonds. The van der Waals surface area contributed by atoms with Crippen LogP contribution in [0.4, 0.5) is 13.2 Å². The number of esters is 1. The Morgan fingerprint density at radius 2 is 1.88 bits per heavy atom. The zero-order valence-corrected chi connectivity index (χ0v) is 8.62. The molecule has 0 N–H and O–H groups in total. The van der Waals surface area contributed by atoms with Gasteiger partial charge in [0.25, 0.3) is 0 Å². The van der Waals surface area contributed by atoms with Gasteiger partial charge in [0.15, 0.2) is 0 Å². The molecule has 1 unspecified atom stereocenters. The van der Waals surface area contributed by atoms with Crippen molar-refractivity contribution < 1.29 is 22.7 Å². The quantitative estimate of drug-likeness (QED) is 0.748. The number of halogens is 3. The zero-order chi connectivity index (χ0) is 12.2. The fourth-order valence-corrected chi connectivity index (χ4v) is 1.41. The van der Waals surface area contributed by atoms with Crippen LogP contribution in [0.2, 0.25) is 0 Å². The highest BCUT2D eigenvalue weighted by molar-refractivity contribution is 5.78. The third-order valence-electron chi connectivity index (χ3n) is 2.11. The number of ether oxygens (including phenoxy) is 1. The third-order valence-corrected chi connectivity index (χ3v) is 2.11. The van der Waals surface area contributed by atoms with Crippen molar-refractivity contribution in [2.45, 2.75) is 25.6 Å². The van der Waals surface area contributed by atoms with Gasteiger partial charge < -0.3 is 4.74 Å². The molecule has 1 aromatic carbocycles. The maximum absolute atomic E-state index is 11.9. The molecule has 5 heteroatoms. The van der Waals surface area contributed by atoms with E-state index in [1.54, 1.807) is 37.3 Å². The van der Waals surface area contributed by atoms with Gasteiger partial charge >= 0.3 is 12.3 Å². The van der Waals surface area contributed by atoms with Crippen molar-refractivity contribution in [1.29, 1.82) is 0 Å². The third kappa shape index (κ3) is 3.56. The second kappa shape index (κ2) is 5.01. The Kier molecular flexibility index (Phi) is 3.93. The van der Waals surface area contributed by atoms with E-state index in [2.05, 4.69) is 4.74 Å².